The smallest absolute Gasteiger partial charge is 0.325 e. The first-order chi connectivity index (χ1) is 14.2. The van der Waals surface area contributed by atoms with Gasteiger partial charge in [-0.15, -0.1) is 0 Å². The van der Waals surface area contributed by atoms with Crippen LogP contribution >= 0.6 is 11.6 Å². The fourth-order valence-corrected chi connectivity index (χ4v) is 4.02. The molecule has 0 aliphatic heterocycles. The van der Waals surface area contributed by atoms with Gasteiger partial charge in [0.25, 0.3) is 5.91 Å². The van der Waals surface area contributed by atoms with E-state index in [0.29, 0.717) is 6.07 Å². The molecule has 0 saturated heterocycles. The molecule has 0 spiro atoms. The molecular weight excluding hydrogens is 459 g/mol. The highest BCUT2D eigenvalue weighted by Crippen LogP contribution is 2.34. The van der Waals surface area contributed by atoms with Gasteiger partial charge in [-0.3, -0.25) is 9.59 Å². The number of amides is 2. The van der Waals surface area contributed by atoms with Crippen LogP contribution < -0.4 is 15.4 Å². The fraction of sp³-hybridized carbons (Fsp3) is 0.263. The van der Waals surface area contributed by atoms with Crippen LogP contribution in [-0.2, 0) is 21.0 Å². The zero-order chi connectivity index (χ0) is 23.6. The topological polar surface area (TPSA) is 104 Å². The van der Waals surface area contributed by atoms with Crippen molar-refractivity contribution in [1.29, 1.82) is 0 Å². The summed E-state index contributed by atoms with van der Waals surface area (Å²) in [5.41, 5.74) is -1.74. The van der Waals surface area contributed by atoms with Crippen LogP contribution in [0.1, 0.15) is 36.7 Å². The second-order valence-corrected chi connectivity index (χ2v) is 8.93. The molecule has 2 rings (SSSR count). The van der Waals surface area contributed by atoms with E-state index in [1.165, 1.54) is 12.1 Å². The number of benzene rings is 2. The molecule has 0 aliphatic rings. The second kappa shape index (κ2) is 9.25. The highest BCUT2D eigenvalue weighted by molar-refractivity contribution is 7.89. The minimum absolute atomic E-state index is 0.0739. The van der Waals surface area contributed by atoms with Gasteiger partial charge in [0.15, 0.2) is 0 Å². The summed E-state index contributed by atoms with van der Waals surface area (Å²) in [4.78, 5) is 23.8. The van der Waals surface area contributed by atoms with E-state index in [0.717, 1.165) is 25.1 Å². The molecule has 2 aromatic carbocycles. The van der Waals surface area contributed by atoms with E-state index in [2.05, 4.69) is 15.4 Å². The molecule has 0 bridgehead atoms. The summed E-state index contributed by atoms with van der Waals surface area (Å²) in [6, 6.07) is 5.37. The van der Waals surface area contributed by atoms with Crippen LogP contribution in [0, 0.1) is 0 Å². The van der Waals surface area contributed by atoms with Gasteiger partial charge in [0, 0.05) is 13.0 Å². The van der Waals surface area contributed by atoms with Crippen LogP contribution in [0.25, 0.3) is 0 Å². The number of rotatable bonds is 6. The van der Waals surface area contributed by atoms with Crippen LogP contribution in [-0.4, -0.2) is 26.3 Å². The average Bonchev–Trinajstić information content (AvgIpc) is 2.60. The summed E-state index contributed by atoms with van der Waals surface area (Å²) in [7, 11) is -3.95. The number of sulfonamides is 1. The lowest BCUT2D eigenvalue weighted by molar-refractivity contribution is -0.137. The SMILES string of the molecule is CC(=O)Nc1ccc(C(F)(F)F)cc1NC(=O)c1cc(S(=O)(=O)NC(C)C)ccc1Cl. The largest absolute Gasteiger partial charge is 0.416 e. The van der Waals surface area contributed by atoms with E-state index in [1.54, 1.807) is 13.8 Å². The van der Waals surface area contributed by atoms with Gasteiger partial charge >= 0.3 is 6.18 Å². The highest BCUT2D eigenvalue weighted by Gasteiger charge is 2.31. The van der Waals surface area contributed by atoms with Crippen molar-refractivity contribution in [2.45, 2.75) is 37.9 Å². The van der Waals surface area contributed by atoms with Crippen molar-refractivity contribution in [1.82, 2.24) is 4.72 Å². The van der Waals surface area contributed by atoms with Crippen molar-refractivity contribution in [3.05, 3.63) is 52.5 Å². The first-order valence-electron chi connectivity index (χ1n) is 8.83. The Kier molecular flexibility index (Phi) is 7.35. The number of carbonyl (C=O) groups excluding carboxylic acids is 2. The van der Waals surface area contributed by atoms with Gasteiger partial charge in [0.2, 0.25) is 15.9 Å². The maximum Gasteiger partial charge on any atom is 0.416 e. The minimum Gasteiger partial charge on any atom is -0.325 e. The molecule has 7 nitrogen and oxygen atoms in total. The molecule has 3 N–H and O–H groups in total. The van der Waals surface area contributed by atoms with Gasteiger partial charge in [0.1, 0.15) is 0 Å². The van der Waals surface area contributed by atoms with Gasteiger partial charge in [0.05, 0.1) is 32.4 Å². The molecule has 0 atom stereocenters. The normalized spacial score (nSPS) is 12.0. The lowest BCUT2D eigenvalue weighted by atomic mass is 10.1. The summed E-state index contributed by atoms with van der Waals surface area (Å²) in [6.45, 7) is 4.37. The Balaban J connectivity index is 2.47. The molecule has 2 aromatic rings. The first kappa shape index (κ1) is 24.6. The first-order valence-corrected chi connectivity index (χ1v) is 10.7. The predicted molar refractivity (Wildman–Crippen MR) is 111 cm³/mol. The zero-order valence-corrected chi connectivity index (χ0v) is 18.2. The quantitative estimate of drug-likeness (QED) is 0.578. The molecule has 0 radical (unpaired) electrons. The number of alkyl halides is 3. The van der Waals surface area contributed by atoms with Gasteiger partial charge in [-0.1, -0.05) is 11.6 Å². The van der Waals surface area contributed by atoms with Crippen LogP contribution in [0.15, 0.2) is 41.3 Å². The Bertz CT molecular complexity index is 1120. The van der Waals surface area contributed by atoms with Gasteiger partial charge in [-0.05, 0) is 50.2 Å². The molecule has 0 aromatic heterocycles. The van der Waals surface area contributed by atoms with E-state index in [-0.39, 0.29) is 26.9 Å². The van der Waals surface area contributed by atoms with E-state index >= 15 is 0 Å². The number of nitrogens with one attached hydrogen (secondary N) is 3. The van der Waals surface area contributed by atoms with E-state index in [4.69, 9.17) is 11.6 Å². The molecule has 0 aliphatic carbocycles. The lowest BCUT2D eigenvalue weighted by Crippen LogP contribution is -2.30. The van der Waals surface area contributed by atoms with Crippen molar-refractivity contribution >= 4 is 44.8 Å². The summed E-state index contributed by atoms with van der Waals surface area (Å²) in [5, 5.41) is 4.46. The Morgan fingerprint density at radius 1 is 1.00 bits per heavy atom. The van der Waals surface area contributed by atoms with Crippen molar-refractivity contribution in [2.75, 3.05) is 10.6 Å². The maximum atomic E-state index is 13.1. The van der Waals surface area contributed by atoms with Crippen molar-refractivity contribution < 1.29 is 31.2 Å². The molecule has 0 fully saturated rings. The molecule has 0 unspecified atom stereocenters. The lowest BCUT2D eigenvalue weighted by Gasteiger charge is -2.16. The third-order valence-corrected chi connectivity index (χ3v) is 5.78. The summed E-state index contributed by atoms with van der Waals surface area (Å²) < 4.78 is 66.3. The number of anilines is 2. The molecule has 168 valence electrons. The average molecular weight is 478 g/mol. The van der Waals surface area contributed by atoms with Gasteiger partial charge < -0.3 is 10.6 Å². The maximum absolute atomic E-state index is 13.1. The number of hydrogen-bond donors (Lipinski definition) is 3. The van der Waals surface area contributed by atoms with Gasteiger partial charge in [-0.25, -0.2) is 13.1 Å². The number of halogens is 4. The predicted octanol–water partition coefficient (Wildman–Crippen LogP) is 4.26. The molecule has 12 heteroatoms. The molecule has 2 amide bonds. The Morgan fingerprint density at radius 3 is 2.19 bits per heavy atom. The number of carbonyl (C=O) groups is 2. The van der Waals surface area contributed by atoms with Crippen LogP contribution in [0.4, 0.5) is 24.5 Å². The molecule has 0 heterocycles. The minimum atomic E-state index is -4.69. The van der Waals surface area contributed by atoms with E-state index in [1.807, 2.05) is 0 Å². The Hall–Kier alpha value is -2.63. The van der Waals surface area contributed by atoms with Gasteiger partial charge in [-0.2, -0.15) is 13.2 Å². The number of hydrogen-bond acceptors (Lipinski definition) is 4. The monoisotopic (exact) mass is 477 g/mol. The Morgan fingerprint density at radius 2 is 1.65 bits per heavy atom. The molecule has 0 saturated carbocycles. The third kappa shape index (κ3) is 6.42. The molecular formula is C19H19ClF3N3O4S. The summed E-state index contributed by atoms with van der Waals surface area (Å²) in [6.07, 6.45) is -4.69. The summed E-state index contributed by atoms with van der Waals surface area (Å²) in [5.74, 6) is -1.53. The van der Waals surface area contributed by atoms with Crippen molar-refractivity contribution in [2.24, 2.45) is 0 Å². The standard InChI is InChI=1S/C19H19ClF3N3O4S/c1-10(2)26-31(29,30)13-5-6-15(20)14(9-13)18(28)25-17-8-12(19(21,22)23)4-7-16(17)24-11(3)27/h4-10,26H,1-3H3,(H,24,27)(H,25,28). The van der Waals surface area contributed by atoms with Crippen molar-refractivity contribution in [3.63, 3.8) is 0 Å². The second-order valence-electron chi connectivity index (χ2n) is 6.81. The van der Waals surface area contributed by atoms with E-state index < -0.39 is 39.6 Å². The van der Waals surface area contributed by atoms with Crippen LogP contribution in [0.3, 0.4) is 0 Å². The summed E-state index contributed by atoms with van der Waals surface area (Å²) >= 11 is 6.02. The third-order valence-electron chi connectivity index (χ3n) is 3.79. The Labute approximate surface area is 182 Å². The van der Waals surface area contributed by atoms with E-state index in [9.17, 15) is 31.2 Å². The molecule has 31 heavy (non-hydrogen) atoms. The highest BCUT2D eigenvalue weighted by atomic mass is 35.5. The zero-order valence-electron chi connectivity index (χ0n) is 16.6. The van der Waals surface area contributed by atoms with Crippen LogP contribution in [0.5, 0.6) is 0 Å². The van der Waals surface area contributed by atoms with Crippen molar-refractivity contribution in [3.8, 4) is 0 Å². The van der Waals surface area contributed by atoms with Crippen LogP contribution in [0.2, 0.25) is 5.02 Å². The fourth-order valence-electron chi connectivity index (χ4n) is 2.54.